The Morgan fingerprint density at radius 2 is 1.69 bits per heavy atom. The van der Waals surface area contributed by atoms with E-state index in [1.54, 1.807) is 31.9 Å². The lowest BCUT2D eigenvalue weighted by molar-refractivity contribution is -0.129. The molecule has 2 aromatic heterocycles. The summed E-state index contributed by atoms with van der Waals surface area (Å²) in [7, 11) is 5.16. The number of aromatic nitrogens is 2. The fraction of sp³-hybridized carbons (Fsp3) is 0.400. The van der Waals surface area contributed by atoms with Gasteiger partial charge in [-0.15, -0.1) is 11.3 Å². The number of pyridine rings is 1. The molecule has 51 heavy (non-hydrogen) atoms. The molecule has 2 aliphatic rings. The van der Waals surface area contributed by atoms with Crippen molar-refractivity contribution >= 4 is 23.3 Å². The van der Waals surface area contributed by atoms with Gasteiger partial charge in [-0.1, -0.05) is 18.2 Å². The Morgan fingerprint density at radius 1 is 1.02 bits per heavy atom. The van der Waals surface area contributed by atoms with Crippen molar-refractivity contribution in [3.63, 3.8) is 0 Å². The van der Waals surface area contributed by atoms with Crippen molar-refractivity contribution in [2.75, 3.05) is 46.9 Å². The number of ether oxygens (including phenoxy) is 2. The minimum absolute atomic E-state index is 0.00715. The summed E-state index contributed by atoms with van der Waals surface area (Å²) in [6.45, 7) is 13.6. The van der Waals surface area contributed by atoms with E-state index < -0.39 is 0 Å². The average molecular weight is 707 g/mol. The number of piperazine rings is 1. The van der Waals surface area contributed by atoms with Gasteiger partial charge in [-0.25, -0.2) is 4.98 Å². The highest BCUT2D eigenvalue weighted by Gasteiger charge is 2.31. The number of carbonyl (C=O) groups is 1. The van der Waals surface area contributed by atoms with Gasteiger partial charge >= 0.3 is 0 Å². The van der Waals surface area contributed by atoms with Crippen molar-refractivity contribution in [2.45, 2.75) is 53.2 Å². The van der Waals surface area contributed by atoms with Gasteiger partial charge in [-0.2, -0.15) is 5.26 Å². The van der Waals surface area contributed by atoms with Crippen molar-refractivity contribution in [2.24, 2.45) is 7.05 Å². The second-order valence-corrected chi connectivity index (χ2v) is 14.4. The Hall–Kier alpha value is -4.76. The second-order valence-electron chi connectivity index (χ2n) is 13.5. The molecule has 0 bridgehead atoms. The number of aryl methyl sites for hydroxylation is 2. The van der Waals surface area contributed by atoms with Crippen molar-refractivity contribution < 1.29 is 14.3 Å². The first-order valence-electron chi connectivity index (χ1n) is 17.3. The highest BCUT2D eigenvalue weighted by molar-refractivity contribution is 7.10. The minimum atomic E-state index is -0.245. The van der Waals surface area contributed by atoms with Crippen LogP contribution in [0.4, 0.5) is 0 Å². The molecule has 266 valence electrons. The summed E-state index contributed by atoms with van der Waals surface area (Å²) in [5, 5.41) is 12.4. The average Bonchev–Trinajstić information content (AvgIpc) is 3.56. The van der Waals surface area contributed by atoms with Gasteiger partial charge in [0.25, 0.3) is 11.5 Å². The van der Waals surface area contributed by atoms with Crippen molar-refractivity contribution in [1.29, 1.82) is 5.26 Å². The summed E-state index contributed by atoms with van der Waals surface area (Å²) < 4.78 is 13.5. The van der Waals surface area contributed by atoms with E-state index in [4.69, 9.17) is 9.47 Å². The zero-order valence-electron chi connectivity index (χ0n) is 30.6. The van der Waals surface area contributed by atoms with Gasteiger partial charge in [0.15, 0.2) is 0 Å². The van der Waals surface area contributed by atoms with Crippen LogP contribution in [0.15, 0.2) is 52.3 Å². The molecular formula is C40H46N6O4S. The van der Waals surface area contributed by atoms with Crippen LogP contribution in [0.3, 0.4) is 0 Å². The van der Waals surface area contributed by atoms with Crippen molar-refractivity contribution in [3.05, 3.63) is 102 Å². The van der Waals surface area contributed by atoms with Crippen molar-refractivity contribution in [3.8, 4) is 28.7 Å². The molecular weight excluding hydrogens is 661 g/mol. The Bertz CT molecular complexity index is 2060. The fourth-order valence-electron chi connectivity index (χ4n) is 7.36. The number of methoxy groups -OCH3 is 2. The number of fused-ring (bicyclic) bond motifs is 1. The maximum absolute atomic E-state index is 13.5. The lowest BCUT2D eigenvalue weighted by Crippen LogP contribution is -2.45. The first-order valence-corrected chi connectivity index (χ1v) is 18.2. The third-order valence-electron chi connectivity index (χ3n) is 10.4. The first kappa shape index (κ1) is 36.0. The van der Waals surface area contributed by atoms with Gasteiger partial charge in [0.05, 0.1) is 25.8 Å². The molecule has 6 rings (SSSR count). The van der Waals surface area contributed by atoms with Crippen LogP contribution in [0.25, 0.3) is 17.2 Å². The largest absolute Gasteiger partial charge is 0.496 e. The predicted molar refractivity (Wildman–Crippen MR) is 201 cm³/mol. The van der Waals surface area contributed by atoms with Crippen LogP contribution >= 0.6 is 11.3 Å². The molecule has 1 amide bonds. The van der Waals surface area contributed by atoms with Crippen molar-refractivity contribution in [1.82, 2.24) is 24.3 Å². The monoisotopic (exact) mass is 706 g/mol. The fourth-order valence-corrected chi connectivity index (χ4v) is 8.09. The lowest BCUT2D eigenvalue weighted by Gasteiger charge is -2.38. The summed E-state index contributed by atoms with van der Waals surface area (Å²) in [6.07, 6.45) is 4.24. The summed E-state index contributed by atoms with van der Waals surface area (Å²) in [6, 6.07) is 12.5. The maximum atomic E-state index is 13.5. The topological polar surface area (TPSA) is 104 Å². The molecule has 11 heteroatoms. The number of nitriles is 1. The number of nitrogens with zero attached hydrogens (tertiary/aromatic N) is 6. The molecule has 0 saturated carbocycles. The number of thiazole rings is 1. The zero-order valence-corrected chi connectivity index (χ0v) is 31.4. The van der Waals surface area contributed by atoms with Crippen LogP contribution < -0.4 is 15.0 Å². The third-order valence-corrected chi connectivity index (χ3v) is 11.3. The Labute approximate surface area is 304 Å². The van der Waals surface area contributed by atoms with Crippen LogP contribution in [-0.2, 0) is 31.4 Å². The number of benzene rings is 2. The predicted octanol–water partition coefficient (Wildman–Crippen LogP) is 5.82. The van der Waals surface area contributed by atoms with E-state index in [1.807, 2.05) is 49.4 Å². The van der Waals surface area contributed by atoms with E-state index in [0.29, 0.717) is 18.1 Å². The highest BCUT2D eigenvalue weighted by Crippen LogP contribution is 2.38. The van der Waals surface area contributed by atoms with Gasteiger partial charge < -0.3 is 18.9 Å². The quantitative estimate of drug-likeness (QED) is 0.159. The minimum Gasteiger partial charge on any atom is -0.496 e. The molecule has 2 aliphatic heterocycles. The van der Waals surface area contributed by atoms with Gasteiger partial charge in [-0.3, -0.25) is 19.4 Å². The van der Waals surface area contributed by atoms with E-state index in [0.717, 1.165) is 89.7 Å². The maximum Gasteiger partial charge on any atom is 0.265 e. The van der Waals surface area contributed by atoms with Crippen LogP contribution in [0.2, 0.25) is 0 Å². The molecule has 0 aliphatic carbocycles. The molecule has 4 heterocycles. The number of hydrogen-bond donors (Lipinski definition) is 0. The van der Waals surface area contributed by atoms with E-state index in [1.165, 1.54) is 22.5 Å². The Kier molecular flexibility index (Phi) is 10.8. The lowest BCUT2D eigenvalue weighted by atomic mass is 9.89. The van der Waals surface area contributed by atoms with Crippen LogP contribution in [0.1, 0.15) is 57.0 Å². The van der Waals surface area contributed by atoms with Crippen LogP contribution in [0.5, 0.6) is 11.5 Å². The summed E-state index contributed by atoms with van der Waals surface area (Å²) in [4.78, 5) is 37.2. The number of rotatable bonds is 9. The number of carbonyl (C=O) groups excluding carboxylic acids is 1. The number of amides is 1. The molecule has 0 radical (unpaired) electrons. The SMILES string of the molecule is COc1cc(-c2cn(C)c(=O)c(C)c2C)cc(OC)c1CN1CCN(Cc2cccc3c2CCN(C(=O)/C(C#N)=C\c2nc(C)cs2)C3C)CC1. The highest BCUT2D eigenvalue weighted by atomic mass is 32.1. The molecule has 10 nitrogen and oxygen atoms in total. The Morgan fingerprint density at radius 3 is 2.29 bits per heavy atom. The van der Waals surface area contributed by atoms with Gasteiger partial charge in [0.1, 0.15) is 28.1 Å². The van der Waals surface area contributed by atoms with E-state index >= 15 is 0 Å². The van der Waals surface area contributed by atoms with Gasteiger partial charge in [-0.05, 0) is 80.1 Å². The third kappa shape index (κ3) is 7.35. The molecule has 0 N–H and O–H groups in total. The van der Waals surface area contributed by atoms with E-state index in [9.17, 15) is 14.9 Å². The number of hydrogen-bond acceptors (Lipinski definition) is 9. The normalized spacial score (nSPS) is 16.9. The second kappa shape index (κ2) is 15.2. The first-order chi connectivity index (χ1) is 24.5. The molecule has 1 saturated heterocycles. The Balaban J connectivity index is 1.12. The van der Waals surface area contributed by atoms with Gasteiger partial charge in [0.2, 0.25) is 0 Å². The van der Waals surface area contributed by atoms with E-state index in [-0.39, 0.29) is 23.1 Å². The zero-order chi connectivity index (χ0) is 36.4. The van der Waals surface area contributed by atoms with E-state index in [2.05, 4.69) is 46.0 Å². The standard InChI is InChI=1S/C40H46N6O4S/c1-25-24-51-38(42-25)19-31(20-41)40(48)46-12-11-33-29(9-8-10-32(33)28(46)4)21-44-13-15-45(16-14-44)23-35-36(49-6)17-30(18-37(35)50-7)34-22-43(5)39(47)27(3)26(34)2/h8-10,17-19,22,24,28H,11-16,21,23H2,1-7H3/b31-19-. The van der Waals surface area contributed by atoms with Crippen LogP contribution in [0, 0.1) is 32.1 Å². The van der Waals surface area contributed by atoms with Gasteiger partial charge in [0, 0.05) is 81.3 Å². The molecule has 1 fully saturated rings. The smallest absolute Gasteiger partial charge is 0.265 e. The molecule has 1 atom stereocenters. The van der Waals surface area contributed by atoms with Crippen LogP contribution in [-0.4, -0.2) is 77.1 Å². The molecule has 0 spiro atoms. The summed E-state index contributed by atoms with van der Waals surface area (Å²) >= 11 is 1.43. The molecule has 4 aromatic rings. The molecule has 2 aromatic carbocycles. The molecule has 1 unspecified atom stereocenters. The summed E-state index contributed by atoms with van der Waals surface area (Å²) in [5.41, 5.74) is 9.40. The summed E-state index contributed by atoms with van der Waals surface area (Å²) in [5.74, 6) is 1.29.